The highest BCUT2D eigenvalue weighted by molar-refractivity contribution is 5.72. The zero-order valence-corrected chi connectivity index (χ0v) is 17.3. The number of aliphatic hydroxyl groups excluding tert-OH is 1. The molecule has 5 aliphatic carbocycles. The van der Waals surface area contributed by atoms with Gasteiger partial charge in [0.15, 0.2) is 6.10 Å². The van der Waals surface area contributed by atoms with Crippen LogP contribution in [-0.4, -0.2) is 22.3 Å². The first-order valence-electron chi connectivity index (χ1n) is 11.8. The molecule has 3 nitrogen and oxygen atoms in total. The monoisotopic (exact) mass is 374 g/mol. The molecule has 0 aromatic rings. The fraction of sp³-hybridized carbons (Fsp3) is 0.958. The number of carbonyl (C=O) groups is 1. The topological polar surface area (TPSA) is 57.5 Å². The molecule has 0 aromatic heterocycles. The fourth-order valence-corrected chi connectivity index (χ4v) is 9.87. The van der Waals surface area contributed by atoms with Gasteiger partial charge in [0.05, 0.1) is 0 Å². The predicted molar refractivity (Wildman–Crippen MR) is 105 cm³/mol. The zero-order valence-electron chi connectivity index (χ0n) is 17.3. The lowest BCUT2D eigenvalue weighted by Gasteiger charge is -2.64. The van der Waals surface area contributed by atoms with Gasteiger partial charge in [0.25, 0.3) is 0 Å². The van der Waals surface area contributed by atoms with Crippen molar-refractivity contribution in [2.75, 3.05) is 0 Å². The van der Waals surface area contributed by atoms with Crippen LogP contribution in [-0.2, 0) is 4.79 Å². The SMILES string of the molecule is CCC1CC2CCC3CC(C)CC4C3C2C2C1CC(C)C2C4C(O)C(=O)O. The Hall–Kier alpha value is -0.570. The molecule has 0 bridgehead atoms. The second-order valence-corrected chi connectivity index (χ2v) is 11.3. The normalized spacial score (nSPS) is 57.0. The van der Waals surface area contributed by atoms with Crippen LogP contribution in [0.2, 0.25) is 0 Å². The average Bonchev–Trinajstić information content (AvgIpc) is 2.98. The molecule has 5 rings (SSSR count). The first-order valence-corrected chi connectivity index (χ1v) is 11.8. The van der Waals surface area contributed by atoms with E-state index in [-0.39, 0.29) is 5.92 Å². The molecule has 5 aliphatic rings. The van der Waals surface area contributed by atoms with Crippen LogP contribution in [0.5, 0.6) is 0 Å². The zero-order chi connectivity index (χ0) is 19.0. The van der Waals surface area contributed by atoms with Crippen LogP contribution in [0.4, 0.5) is 0 Å². The third-order valence-corrected chi connectivity index (χ3v) is 10.3. The van der Waals surface area contributed by atoms with Gasteiger partial charge in [-0.25, -0.2) is 4.79 Å². The summed E-state index contributed by atoms with van der Waals surface area (Å²) >= 11 is 0. The molecule has 0 saturated heterocycles. The average molecular weight is 375 g/mol. The van der Waals surface area contributed by atoms with Crippen molar-refractivity contribution in [3.63, 3.8) is 0 Å². The van der Waals surface area contributed by atoms with Gasteiger partial charge in [-0.05, 0) is 104 Å². The summed E-state index contributed by atoms with van der Waals surface area (Å²) in [5.74, 6) is 6.69. The molecule has 13 unspecified atom stereocenters. The number of rotatable bonds is 3. The van der Waals surface area contributed by atoms with Crippen LogP contribution in [0.15, 0.2) is 0 Å². The Morgan fingerprint density at radius 2 is 1.63 bits per heavy atom. The second kappa shape index (κ2) is 6.47. The minimum absolute atomic E-state index is 0.00615. The van der Waals surface area contributed by atoms with Gasteiger partial charge in [-0.1, -0.05) is 27.2 Å². The van der Waals surface area contributed by atoms with E-state index in [0.717, 1.165) is 36.0 Å². The van der Waals surface area contributed by atoms with Crippen molar-refractivity contribution in [2.45, 2.75) is 71.8 Å². The highest BCUT2D eigenvalue weighted by Gasteiger charge is 2.66. The maximum Gasteiger partial charge on any atom is 0.332 e. The maximum atomic E-state index is 11.9. The Morgan fingerprint density at radius 1 is 0.926 bits per heavy atom. The van der Waals surface area contributed by atoms with E-state index in [4.69, 9.17) is 0 Å². The van der Waals surface area contributed by atoms with Crippen molar-refractivity contribution in [3.8, 4) is 0 Å². The Kier molecular flexibility index (Phi) is 4.42. The van der Waals surface area contributed by atoms with E-state index in [1.807, 2.05) is 0 Å². The van der Waals surface area contributed by atoms with E-state index in [2.05, 4.69) is 20.8 Å². The van der Waals surface area contributed by atoms with Gasteiger partial charge in [0.2, 0.25) is 0 Å². The minimum Gasteiger partial charge on any atom is -0.479 e. The molecular formula is C24H38O3. The summed E-state index contributed by atoms with van der Waals surface area (Å²) in [5.41, 5.74) is 0. The van der Waals surface area contributed by atoms with Crippen molar-refractivity contribution in [3.05, 3.63) is 0 Å². The number of carboxylic acid groups (broad SMARTS) is 1. The van der Waals surface area contributed by atoms with E-state index < -0.39 is 12.1 Å². The molecule has 0 aliphatic heterocycles. The molecule has 0 radical (unpaired) electrons. The molecule has 3 heteroatoms. The van der Waals surface area contributed by atoms with Crippen LogP contribution in [0.1, 0.15) is 65.7 Å². The lowest BCUT2D eigenvalue weighted by molar-refractivity contribution is -0.188. The van der Waals surface area contributed by atoms with Gasteiger partial charge in [0, 0.05) is 5.92 Å². The van der Waals surface area contributed by atoms with Crippen molar-refractivity contribution in [1.82, 2.24) is 0 Å². The molecule has 0 heterocycles. The van der Waals surface area contributed by atoms with E-state index in [0.29, 0.717) is 35.5 Å². The largest absolute Gasteiger partial charge is 0.479 e. The molecule has 5 saturated carbocycles. The summed E-state index contributed by atoms with van der Waals surface area (Å²) in [7, 11) is 0. The molecule has 2 N–H and O–H groups in total. The Labute approximate surface area is 164 Å². The third-order valence-electron chi connectivity index (χ3n) is 10.3. The van der Waals surface area contributed by atoms with E-state index in [9.17, 15) is 15.0 Å². The number of aliphatic hydroxyl groups is 1. The van der Waals surface area contributed by atoms with Gasteiger partial charge in [0.1, 0.15) is 0 Å². The molecule has 5 fully saturated rings. The molecule has 152 valence electrons. The first-order chi connectivity index (χ1) is 12.9. The van der Waals surface area contributed by atoms with Gasteiger partial charge < -0.3 is 10.2 Å². The van der Waals surface area contributed by atoms with Gasteiger partial charge in [-0.3, -0.25) is 0 Å². The maximum absolute atomic E-state index is 11.9. The van der Waals surface area contributed by atoms with Crippen LogP contribution in [0.3, 0.4) is 0 Å². The van der Waals surface area contributed by atoms with Crippen LogP contribution in [0, 0.1) is 71.0 Å². The van der Waals surface area contributed by atoms with Crippen molar-refractivity contribution < 1.29 is 15.0 Å². The summed E-state index contributed by atoms with van der Waals surface area (Å²) < 4.78 is 0. The highest BCUT2D eigenvalue weighted by Crippen LogP contribution is 2.70. The van der Waals surface area contributed by atoms with Gasteiger partial charge in [-0.15, -0.1) is 0 Å². The fourth-order valence-electron chi connectivity index (χ4n) is 9.87. The summed E-state index contributed by atoms with van der Waals surface area (Å²) in [5, 5.41) is 20.7. The lowest BCUT2D eigenvalue weighted by atomic mass is 9.41. The second-order valence-electron chi connectivity index (χ2n) is 11.3. The summed E-state index contributed by atoms with van der Waals surface area (Å²) in [4.78, 5) is 11.9. The Morgan fingerprint density at radius 3 is 2.30 bits per heavy atom. The van der Waals surface area contributed by atoms with Crippen LogP contribution >= 0.6 is 0 Å². The van der Waals surface area contributed by atoms with Crippen LogP contribution in [0.25, 0.3) is 0 Å². The summed E-state index contributed by atoms with van der Waals surface area (Å²) in [6.45, 7) is 7.11. The minimum atomic E-state index is -1.16. The van der Waals surface area contributed by atoms with Crippen LogP contribution < -0.4 is 0 Å². The predicted octanol–water partition coefficient (Wildman–Crippen LogP) is 4.68. The number of hydrogen-bond donors (Lipinski definition) is 2. The van der Waals surface area contributed by atoms with Crippen molar-refractivity contribution in [1.29, 1.82) is 0 Å². The molecule has 13 atom stereocenters. The number of carboxylic acids is 1. The molecule has 0 aromatic carbocycles. The van der Waals surface area contributed by atoms with Crippen molar-refractivity contribution in [2.24, 2.45) is 71.0 Å². The van der Waals surface area contributed by atoms with Crippen molar-refractivity contribution >= 4 is 5.97 Å². The van der Waals surface area contributed by atoms with Gasteiger partial charge >= 0.3 is 5.97 Å². The summed E-state index contributed by atoms with van der Waals surface area (Å²) in [6, 6.07) is 0. The standard InChI is InChI=1S/C24H38O3/c1-4-13-10-15-6-5-14-7-11(2)8-17-19(14)20(15)21-16(13)9-12(3)18(21)22(17)23(25)24(26)27/h11-23,25H,4-10H2,1-3H3,(H,26,27). The Balaban J connectivity index is 1.62. The molecular weight excluding hydrogens is 336 g/mol. The smallest absolute Gasteiger partial charge is 0.332 e. The van der Waals surface area contributed by atoms with E-state index in [1.54, 1.807) is 0 Å². The number of aliphatic carboxylic acids is 1. The summed E-state index contributed by atoms with van der Waals surface area (Å²) in [6.07, 6.45) is 8.10. The van der Waals surface area contributed by atoms with E-state index in [1.165, 1.54) is 38.5 Å². The number of hydrogen-bond acceptors (Lipinski definition) is 2. The lowest BCUT2D eigenvalue weighted by Crippen LogP contribution is -2.61. The van der Waals surface area contributed by atoms with Gasteiger partial charge in [-0.2, -0.15) is 0 Å². The Bertz CT molecular complexity index is 602. The molecule has 0 amide bonds. The highest BCUT2D eigenvalue weighted by atomic mass is 16.4. The first kappa shape index (κ1) is 18.5. The van der Waals surface area contributed by atoms with E-state index >= 15 is 0 Å². The third kappa shape index (κ3) is 2.52. The molecule has 0 spiro atoms. The molecule has 27 heavy (non-hydrogen) atoms. The quantitative estimate of drug-likeness (QED) is 0.754.